The van der Waals surface area contributed by atoms with Gasteiger partial charge in [-0.15, -0.1) is 0 Å². The molecule has 0 bridgehead atoms. The van der Waals surface area contributed by atoms with Crippen molar-refractivity contribution in [2.24, 2.45) is 0 Å². The molecule has 5 heteroatoms. The van der Waals surface area contributed by atoms with Crippen molar-refractivity contribution in [3.05, 3.63) is 24.3 Å². The molecule has 0 aromatic carbocycles. The Morgan fingerprint density at radius 1 is 0.500 bits per heavy atom. The third kappa shape index (κ3) is 33.3. The van der Waals surface area contributed by atoms with Crippen LogP contribution in [-0.4, -0.2) is 36.4 Å². The molecule has 258 valence electrons. The van der Waals surface area contributed by atoms with Gasteiger partial charge in [0, 0.05) is 12.8 Å². The number of allylic oxidation sites excluding steroid dienone is 4. The molecule has 1 unspecified atom stereocenters. The highest BCUT2D eigenvalue weighted by Crippen LogP contribution is 2.12. The fourth-order valence-electron chi connectivity index (χ4n) is 5.31. The van der Waals surface area contributed by atoms with Crippen molar-refractivity contribution in [1.82, 2.24) is 0 Å². The molecule has 0 aliphatic carbocycles. The van der Waals surface area contributed by atoms with E-state index < -0.39 is 6.10 Å². The van der Waals surface area contributed by atoms with Gasteiger partial charge in [-0.3, -0.25) is 9.59 Å². The minimum absolute atomic E-state index is 0.0709. The number of hydrogen-bond donors (Lipinski definition) is 1. The van der Waals surface area contributed by atoms with Crippen molar-refractivity contribution in [3.8, 4) is 0 Å². The molecule has 0 amide bonds. The van der Waals surface area contributed by atoms with Crippen molar-refractivity contribution < 1.29 is 24.2 Å². The first kappa shape index (κ1) is 42.4. The molecule has 0 heterocycles. The molecule has 0 aromatic heterocycles. The van der Waals surface area contributed by atoms with Gasteiger partial charge in [0.15, 0.2) is 6.10 Å². The minimum atomic E-state index is -0.774. The Bertz CT molecular complexity index is 671. The predicted molar refractivity (Wildman–Crippen MR) is 187 cm³/mol. The average Bonchev–Trinajstić information content (AvgIpc) is 3.02. The van der Waals surface area contributed by atoms with Gasteiger partial charge < -0.3 is 14.6 Å². The summed E-state index contributed by atoms with van der Waals surface area (Å²) < 4.78 is 10.6. The van der Waals surface area contributed by atoms with E-state index in [1.54, 1.807) is 0 Å². The lowest BCUT2D eigenvalue weighted by atomic mass is 10.1. The van der Waals surface area contributed by atoms with Crippen molar-refractivity contribution in [2.75, 3.05) is 13.2 Å². The van der Waals surface area contributed by atoms with Gasteiger partial charge in [-0.05, 0) is 64.2 Å². The molecule has 0 aromatic rings. The highest BCUT2D eigenvalue weighted by molar-refractivity contribution is 5.70. The van der Waals surface area contributed by atoms with Crippen LogP contribution in [0.5, 0.6) is 0 Å². The SMILES string of the molecule is CCCCCCCCC=CCCCCCCCC(=O)OCC(CO)OC(=O)CCCCCCC/C=C/CCCCCCCC. The third-order valence-corrected chi connectivity index (χ3v) is 8.22. The summed E-state index contributed by atoms with van der Waals surface area (Å²) in [4.78, 5) is 24.2. The Kier molecular flexibility index (Phi) is 34.5. The van der Waals surface area contributed by atoms with E-state index in [9.17, 15) is 14.7 Å². The van der Waals surface area contributed by atoms with Gasteiger partial charge in [-0.1, -0.05) is 141 Å². The minimum Gasteiger partial charge on any atom is -0.462 e. The summed E-state index contributed by atoms with van der Waals surface area (Å²) in [6.45, 7) is 4.11. The van der Waals surface area contributed by atoms with Crippen LogP contribution in [0.25, 0.3) is 0 Å². The van der Waals surface area contributed by atoms with E-state index in [1.165, 1.54) is 116 Å². The molecule has 0 aliphatic heterocycles. The van der Waals surface area contributed by atoms with Gasteiger partial charge >= 0.3 is 11.9 Å². The van der Waals surface area contributed by atoms with E-state index in [4.69, 9.17) is 9.47 Å². The van der Waals surface area contributed by atoms with Crippen LogP contribution in [0.4, 0.5) is 0 Å². The zero-order chi connectivity index (χ0) is 32.2. The van der Waals surface area contributed by atoms with Gasteiger partial charge in [0.05, 0.1) is 6.61 Å². The second-order valence-electron chi connectivity index (χ2n) is 12.6. The molecule has 5 nitrogen and oxygen atoms in total. The fraction of sp³-hybridized carbons (Fsp3) is 0.846. The first-order chi connectivity index (χ1) is 21.6. The Hall–Kier alpha value is -1.62. The van der Waals surface area contributed by atoms with Gasteiger partial charge in [-0.2, -0.15) is 0 Å². The lowest BCUT2D eigenvalue weighted by Gasteiger charge is -2.15. The first-order valence-electron chi connectivity index (χ1n) is 18.9. The summed E-state index contributed by atoms with van der Waals surface area (Å²) in [6, 6.07) is 0. The number of hydrogen-bond acceptors (Lipinski definition) is 5. The number of aliphatic hydroxyl groups is 1. The van der Waals surface area contributed by atoms with E-state index in [0.29, 0.717) is 12.8 Å². The molecule has 0 aliphatic rings. The number of carbonyl (C=O) groups is 2. The lowest BCUT2D eigenvalue weighted by Crippen LogP contribution is -2.28. The Labute approximate surface area is 273 Å². The summed E-state index contributed by atoms with van der Waals surface area (Å²) in [5.74, 6) is -0.607. The van der Waals surface area contributed by atoms with Crippen LogP contribution in [0.15, 0.2) is 24.3 Å². The maximum Gasteiger partial charge on any atom is 0.306 e. The Morgan fingerprint density at radius 2 is 0.841 bits per heavy atom. The summed E-state index contributed by atoms with van der Waals surface area (Å²) in [5.41, 5.74) is 0. The first-order valence-corrected chi connectivity index (χ1v) is 18.9. The maximum atomic E-state index is 12.1. The molecule has 0 spiro atoms. The molecule has 1 atom stereocenters. The zero-order valence-electron chi connectivity index (χ0n) is 29.2. The zero-order valence-corrected chi connectivity index (χ0v) is 29.2. The van der Waals surface area contributed by atoms with Crippen LogP contribution in [0.3, 0.4) is 0 Å². The van der Waals surface area contributed by atoms with E-state index in [-0.39, 0.29) is 25.2 Å². The van der Waals surface area contributed by atoms with E-state index in [2.05, 4.69) is 38.2 Å². The third-order valence-electron chi connectivity index (χ3n) is 8.22. The lowest BCUT2D eigenvalue weighted by molar-refractivity contribution is -0.161. The van der Waals surface area contributed by atoms with Crippen LogP contribution < -0.4 is 0 Å². The molecule has 0 radical (unpaired) electrons. The molecular formula is C39H72O5. The van der Waals surface area contributed by atoms with E-state index >= 15 is 0 Å². The van der Waals surface area contributed by atoms with E-state index in [0.717, 1.165) is 51.4 Å². The Balaban J connectivity index is 3.58. The standard InChI is InChI=1S/C39H72O5/c1-3-5-7-9-11-13-15-17-19-21-23-25-27-29-31-33-38(41)43-36-37(35-40)44-39(42)34-32-30-28-26-24-22-20-18-16-14-12-10-8-6-4-2/h17-20,37,40H,3-16,21-36H2,1-2H3/b19-17?,20-18+. The molecule has 0 rings (SSSR count). The quantitative estimate of drug-likeness (QED) is 0.0440. The number of rotatable bonds is 34. The van der Waals surface area contributed by atoms with E-state index in [1.807, 2.05) is 0 Å². The number of aliphatic hydroxyl groups excluding tert-OH is 1. The second-order valence-corrected chi connectivity index (χ2v) is 12.6. The smallest absolute Gasteiger partial charge is 0.306 e. The van der Waals surface area contributed by atoms with Crippen molar-refractivity contribution in [3.63, 3.8) is 0 Å². The number of unbranched alkanes of at least 4 members (excludes halogenated alkanes) is 22. The molecule has 1 N–H and O–H groups in total. The monoisotopic (exact) mass is 621 g/mol. The van der Waals surface area contributed by atoms with Gasteiger partial charge in [-0.25, -0.2) is 0 Å². The van der Waals surface area contributed by atoms with Crippen LogP contribution >= 0.6 is 0 Å². The summed E-state index contributed by atoms with van der Waals surface area (Å²) in [7, 11) is 0. The maximum absolute atomic E-state index is 12.1. The van der Waals surface area contributed by atoms with Gasteiger partial charge in [0.1, 0.15) is 6.61 Å². The topological polar surface area (TPSA) is 72.8 Å². The molecular weight excluding hydrogens is 548 g/mol. The predicted octanol–water partition coefficient (Wildman–Crippen LogP) is 11.5. The van der Waals surface area contributed by atoms with Gasteiger partial charge in [0.25, 0.3) is 0 Å². The molecule has 0 fully saturated rings. The molecule has 0 saturated carbocycles. The largest absolute Gasteiger partial charge is 0.462 e. The molecule has 0 saturated heterocycles. The van der Waals surface area contributed by atoms with Gasteiger partial charge in [0.2, 0.25) is 0 Å². The van der Waals surface area contributed by atoms with Crippen LogP contribution in [0, 0.1) is 0 Å². The average molecular weight is 621 g/mol. The second kappa shape index (κ2) is 35.9. The highest BCUT2D eigenvalue weighted by atomic mass is 16.6. The summed E-state index contributed by atoms with van der Waals surface area (Å²) in [6.07, 6.45) is 40.9. The summed E-state index contributed by atoms with van der Waals surface area (Å²) >= 11 is 0. The Morgan fingerprint density at radius 3 is 1.23 bits per heavy atom. The summed E-state index contributed by atoms with van der Waals surface area (Å²) in [5, 5.41) is 9.53. The van der Waals surface area contributed by atoms with Crippen molar-refractivity contribution >= 4 is 11.9 Å². The van der Waals surface area contributed by atoms with Crippen LogP contribution in [0.1, 0.15) is 194 Å². The number of carbonyl (C=O) groups excluding carboxylic acids is 2. The van der Waals surface area contributed by atoms with Crippen molar-refractivity contribution in [1.29, 1.82) is 0 Å². The normalized spacial score (nSPS) is 12.3. The number of ether oxygens (including phenoxy) is 2. The van der Waals surface area contributed by atoms with Crippen LogP contribution in [0.2, 0.25) is 0 Å². The van der Waals surface area contributed by atoms with Crippen LogP contribution in [-0.2, 0) is 19.1 Å². The molecule has 44 heavy (non-hydrogen) atoms. The van der Waals surface area contributed by atoms with Crippen molar-refractivity contribution in [2.45, 2.75) is 200 Å². The highest BCUT2D eigenvalue weighted by Gasteiger charge is 2.16. The number of esters is 2. The fourth-order valence-corrected chi connectivity index (χ4v) is 5.31.